The number of Topliss-reactive ketones (excluding diaryl/α,β-unsaturated/α-hetero) is 1. The van der Waals surface area contributed by atoms with E-state index in [4.69, 9.17) is 9.47 Å². The van der Waals surface area contributed by atoms with Crippen molar-refractivity contribution in [3.8, 4) is 11.5 Å². The zero-order chi connectivity index (χ0) is 14.8. The lowest BCUT2D eigenvalue weighted by molar-refractivity contribution is 0.102. The van der Waals surface area contributed by atoms with Crippen molar-refractivity contribution in [2.75, 3.05) is 12.5 Å². The molecule has 0 fully saturated rings. The van der Waals surface area contributed by atoms with Crippen molar-refractivity contribution in [2.24, 2.45) is 0 Å². The van der Waals surface area contributed by atoms with Crippen molar-refractivity contribution in [3.05, 3.63) is 53.8 Å². The van der Waals surface area contributed by atoms with Crippen LogP contribution in [0.25, 0.3) is 0 Å². The summed E-state index contributed by atoms with van der Waals surface area (Å²) in [6, 6.07) is 10.5. The Bertz CT molecular complexity index is 729. The smallest absolute Gasteiger partial charge is 0.231 e. The molecule has 108 valence electrons. The Morgan fingerprint density at radius 1 is 1.14 bits per heavy atom. The van der Waals surface area contributed by atoms with Crippen LogP contribution in [0.3, 0.4) is 0 Å². The Hall–Kier alpha value is -2.21. The van der Waals surface area contributed by atoms with Gasteiger partial charge in [-0.25, -0.2) is 4.39 Å². The predicted octanol–water partition coefficient (Wildman–Crippen LogP) is 2.54. The van der Waals surface area contributed by atoms with E-state index in [2.05, 4.69) is 0 Å². The second kappa shape index (κ2) is 5.65. The van der Waals surface area contributed by atoms with Crippen LogP contribution in [-0.2, 0) is 10.8 Å². The van der Waals surface area contributed by atoms with Gasteiger partial charge in [-0.3, -0.25) is 9.00 Å². The summed E-state index contributed by atoms with van der Waals surface area (Å²) < 4.78 is 36.0. The molecule has 0 saturated carbocycles. The molecule has 3 rings (SSSR count). The van der Waals surface area contributed by atoms with Gasteiger partial charge in [-0.05, 0) is 30.3 Å². The van der Waals surface area contributed by atoms with E-state index in [0.29, 0.717) is 17.1 Å². The van der Waals surface area contributed by atoms with Gasteiger partial charge in [0.2, 0.25) is 6.79 Å². The van der Waals surface area contributed by atoms with E-state index in [1.807, 2.05) is 0 Å². The zero-order valence-electron chi connectivity index (χ0n) is 10.9. The number of carbonyl (C=O) groups is 1. The quantitative estimate of drug-likeness (QED) is 0.815. The highest BCUT2D eigenvalue weighted by atomic mass is 32.2. The van der Waals surface area contributed by atoms with E-state index in [-0.39, 0.29) is 23.2 Å². The fourth-order valence-electron chi connectivity index (χ4n) is 1.98. The standard InChI is InChI=1S/C15H11FO4S/c16-11-3-1-2-4-15(11)21(18)8-12(17)10-5-6-13-14(7-10)20-9-19-13/h1-7H,8-9H2. The van der Waals surface area contributed by atoms with Gasteiger partial charge in [-0.1, -0.05) is 12.1 Å². The van der Waals surface area contributed by atoms with E-state index in [9.17, 15) is 13.4 Å². The average Bonchev–Trinajstić information content (AvgIpc) is 2.94. The van der Waals surface area contributed by atoms with Gasteiger partial charge in [0.25, 0.3) is 0 Å². The number of fused-ring (bicyclic) bond motifs is 1. The Balaban J connectivity index is 1.77. The second-order valence-electron chi connectivity index (χ2n) is 4.41. The molecular formula is C15H11FO4S. The van der Waals surface area contributed by atoms with Crippen molar-refractivity contribution in [1.82, 2.24) is 0 Å². The Morgan fingerprint density at radius 2 is 1.90 bits per heavy atom. The lowest BCUT2D eigenvalue weighted by Gasteiger charge is -2.04. The zero-order valence-corrected chi connectivity index (χ0v) is 11.7. The number of rotatable bonds is 4. The van der Waals surface area contributed by atoms with Crippen LogP contribution < -0.4 is 9.47 Å². The molecule has 0 amide bonds. The predicted molar refractivity (Wildman–Crippen MR) is 74.6 cm³/mol. The molecule has 0 bridgehead atoms. The average molecular weight is 306 g/mol. The molecule has 1 unspecified atom stereocenters. The Morgan fingerprint density at radius 3 is 2.71 bits per heavy atom. The summed E-state index contributed by atoms with van der Waals surface area (Å²) >= 11 is 0. The van der Waals surface area contributed by atoms with Gasteiger partial charge in [0.1, 0.15) is 5.82 Å². The maximum absolute atomic E-state index is 13.5. The van der Waals surface area contributed by atoms with E-state index < -0.39 is 16.6 Å². The van der Waals surface area contributed by atoms with Crippen molar-refractivity contribution in [3.63, 3.8) is 0 Å². The van der Waals surface area contributed by atoms with Gasteiger partial charge in [0.05, 0.1) is 21.4 Å². The third-order valence-corrected chi connectivity index (χ3v) is 4.38. The number of benzene rings is 2. The van der Waals surface area contributed by atoms with Gasteiger partial charge in [0.15, 0.2) is 17.3 Å². The maximum Gasteiger partial charge on any atom is 0.231 e. The molecule has 1 aliphatic rings. The number of ether oxygens (including phenoxy) is 2. The molecular weight excluding hydrogens is 295 g/mol. The maximum atomic E-state index is 13.5. The van der Waals surface area contributed by atoms with Crippen LogP contribution in [0.5, 0.6) is 11.5 Å². The van der Waals surface area contributed by atoms with E-state index >= 15 is 0 Å². The second-order valence-corrected chi connectivity index (χ2v) is 5.83. The van der Waals surface area contributed by atoms with Gasteiger partial charge < -0.3 is 9.47 Å². The van der Waals surface area contributed by atoms with Gasteiger partial charge >= 0.3 is 0 Å². The van der Waals surface area contributed by atoms with Gasteiger partial charge in [-0.2, -0.15) is 0 Å². The first-order chi connectivity index (χ1) is 10.1. The molecule has 0 radical (unpaired) electrons. The van der Waals surface area contributed by atoms with Crippen LogP contribution in [0.1, 0.15) is 10.4 Å². The first-order valence-electron chi connectivity index (χ1n) is 6.21. The number of halogens is 1. The molecule has 0 saturated heterocycles. The van der Waals surface area contributed by atoms with Crippen molar-refractivity contribution in [2.45, 2.75) is 4.90 Å². The molecule has 2 aromatic rings. The number of ketones is 1. The highest BCUT2D eigenvalue weighted by Gasteiger charge is 2.19. The van der Waals surface area contributed by atoms with Crippen molar-refractivity contribution < 1.29 is 22.9 Å². The lowest BCUT2D eigenvalue weighted by Crippen LogP contribution is -2.12. The molecule has 0 aromatic heterocycles. The minimum atomic E-state index is -1.72. The Kier molecular flexibility index (Phi) is 3.70. The summed E-state index contributed by atoms with van der Waals surface area (Å²) in [7, 11) is -1.72. The monoisotopic (exact) mass is 306 g/mol. The van der Waals surface area contributed by atoms with Crippen LogP contribution in [-0.4, -0.2) is 22.5 Å². The fourth-order valence-corrected chi connectivity index (χ4v) is 3.06. The highest BCUT2D eigenvalue weighted by molar-refractivity contribution is 7.85. The number of carbonyl (C=O) groups excluding carboxylic acids is 1. The molecule has 0 aliphatic carbocycles. The summed E-state index contributed by atoms with van der Waals surface area (Å²) in [4.78, 5) is 12.2. The van der Waals surface area contributed by atoms with E-state index in [1.165, 1.54) is 18.2 Å². The van der Waals surface area contributed by atoms with Crippen LogP contribution in [0.2, 0.25) is 0 Å². The fraction of sp³-hybridized carbons (Fsp3) is 0.133. The Labute approximate surface area is 123 Å². The van der Waals surface area contributed by atoms with Crippen LogP contribution in [0.15, 0.2) is 47.4 Å². The molecule has 21 heavy (non-hydrogen) atoms. The summed E-state index contributed by atoms with van der Waals surface area (Å²) in [5, 5.41) is 0. The third kappa shape index (κ3) is 2.80. The first-order valence-corrected chi connectivity index (χ1v) is 7.53. The topological polar surface area (TPSA) is 52.6 Å². The SMILES string of the molecule is O=C(CS(=O)c1ccccc1F)c1ccc2c(c1)OCO2. The molecule has 6 heteroatoms. The minimum Gasteiger partial charge on any atom is -0.454 e. The third-order valence-electron chi connectivity index (χ3n) is 3.04. The van der Waals surface area contributed by atoms with Gasteiger partial charge in [0, 0.05) is 5.56 Å². The highest BCUT2D eigenvalue weighted by Crippen LogP contribution is 2.32. The molecule has 2 aromatic carbocycles. The molecule has 4 nitrogen and oxygen atoms in total. The summed E-state index contributed by atoms with van der Waals surface area (Å²) in [6.45, 7) is 0.119. The molecule has 0 N–H and O–H groups in total. The number of hydrogen-bond acceptors (Lipinski definition) is 4. The minimum absolute atomic E-state index is 0.0339. The largest absolute Gasteiger partial charge is 0.454 e. The van der Waals surface area contributed by atoms with Crippen molar-refractivity contribution >= 4 is 16.6 Å². The first kappa shape index (κ1) is 13.8. The van der Waals surface area contributed by atoms with Crippen LogP contribution in [0.4, 0.5) is 4.39 Å². The molecule has 1 atom stereocenters. The molecule has 1 heterocycles. The normalized spacial score (nSPS) is 14.0. The summed E-state index contributed by atoms with van der Waals surface area (Å²) in [5.41, 5.74) is 0.365. The van der Waals surface area contributed by atoms with Gasteiger partial charge in [-0.15, -0.1) is 0 Å². The van der Waals surface area contributed by atoms with Crippen LogP contribution >= 0.6 is 0 Å². The van der Waals surface area contributed by atoms with E-state index in [1.54, 1.807) is 24.3 Å². The lowest BCUT2D eigenvalue weighted by atomic mass is 10.1. The molecule has 1 aliphatic heterocycles. The van der Waals surface area contributed by atoms with Crippen molar-refractivity contribution in [1.29, 1.82) is 0 Å². The molecule has 0 spiro atoms. The van der Waals surface area contributed by atoms with Crippen LogP contribution in [0, 0.1) is 5.82 Å². The number of hydrogen-bond donors (Lipinski definition) is 0. The van der Waals surface area contributed by atoms with E-state index in [0.717, 1.165) is 0 Å². The summed E-state index contributed by atoms with van der Waals surface area (Å²) in [5.74, 6) is -0.135. The summed E-state index contributed by atoms with van der Waals surface area (Å²) in [6.07, 6.45) is 0.